The molecule has 0 amide bonds. The molecule has 106 valence electrons. The highest BCUT2D eigenvalue weighted by Gasteiger charge is 2.48. The van der Waals surface area contributed by atoms with Gasteiger partial charge in [-0.15, -0.1) is 0 Å². The Morgan fingerprint density at radius 2 is 2.16 bits per heavy atom. The summed E-state index contributed by atoms with van der Waals surface area (Å²) in [7, 11) is 0. The highest BCUT2D eigenvalue weighted by atomic mass is 16.3. The fraction of sp³-hybridized carbons (Fsp3) is 0.812. The Kier molecular flexibility index (Phi) is 5.01. The van der Waals surface area contributed by atoms with Crippen molar-refractivity contribution >= 4 is 5.78 Å². The summed E-state index contributed by atoms with van der Waals surface area (Å²) in [5, 5.41) is 19.8. The van der Waals surface area contributed by atoms with E-state index in [0.29, 0.717) is 25.0 Å². The van der Waals surface area contributed by atoms with E-state index >= 15 is 0 Å². The third-order valence-corrected chi connectivity index (χ3v) is 4.51. The molecule has 0 heterocycles. The normalized spacial score (nSPS) is 34.8. The molecule has 2 aliphatic carbocycles. The Morgan fingerprint density at radius 3 is 2.84 bits per heavy atom. The summed E-state index contributed by atoms with van der Waals surface area (Å²) < 4.78 is 0. The largest absolute Gasteiger partial charge is 0.392 e. The fourth-order valence-electron chi connectivity index (χ4n) is 3.23. The number of Topliss-reactive ketones (excluding diaryl/α,β-unsaturated/α-hetero) is 1. The Labute approximate surface area is 115 Å². The lowest BCUT2D eigenvalue weighted by atomic mass is 9.59. The number of hydrogen-bond acceptors (Lipinski definition) is 3. The monoisotopic (exact) mass is 264 g/mol. The summed E-state index contributed by atoms with van der Waals surface area (Å²) in [4.78, 5) is 11.5. The Balaban J connectivity index is 1.88. The lowest BCUT2D eigenvalue weighted by Crippen LogP contribution is -2.49. The van der Waals surface area contributed by atoms with E-state index in [1.807, 2.05) is 0 Å². The van der Waals surface area contributed by atoms with Crippen molar-refractivity contribution in [2.75, 3.05) is 0 Å². The van der Waals surface area contributed by atoms with Crippen LogP contribution in [0, 0.1) is 29.6 Å². The van der Waals surface area contributed by atoms with Crippen LogP contribution in [0.2, 0.25) is 0 Å². The number of carbonyl (C=O) groups is 1. The van der Waals surface area contributed by atoms with E-state index in [9.17, 15) is 15.0 Å². The second kappa shape index (κ2) is 6.54. The van der Waals surface area contributed by atoms with Crippen molar-refractivity contribution in [2.45, 2.75) is 64.1 Å². The van der Waals surface area contributed by atoms with Crippen LogP contribution < -0.4 is 0 Å². The van der Waals surface area contributed by atoms with Gasteiger partial charge in [-0.2, -0.15) is 0 Å². The molecule has 3 heteroatoms. The van der Waals surface area contributed by atoms with Gasteiger partial charge in [-0.1, -0.05) is 31.6 Å². The van der Waals surface area contributed by atoms with E-state index < -0.39 is 12.2 Å². The van der Waals surface area contributed by atoms with Crippen LogP contribution in [0.15, 0.2) is 0 Å². The molecule has 2 saturated carbocycles. The summed E-state index contributed by atoms with van der Waals surface area (Å²) in [5.74, 6) is 6.49. The van der Waals surface area contributed by atoms with E-state index in [0.717, 1.165) is 25.7 Å². The van der Waals surface area contributed by atoms with Crippen LogP contribution in [0.4, 0.5) is 0 Å². The van der Waals surface area contributed by atoms with Crippen LogP contribution >= 0.6 is 0 Å². The maximum absolute atomic E-state index is 11.5. The highest BCUT2D eigenvalue weighted by molar-refractivity contribution is 5.87. The number of aliphatic hydroxyl groups excluding tert-OH is 2. The zero-order valence-corrected chi connectivity index (χ0v) is 11.6. The third-order valence-electron chi connectivity index (χ3n) is 4.51. The molecule has 2 aliphatic rings. The zero-order chi connectivity index (χ0) is 13.8. The number of rotatable bonds is 4. The maximum atomic E-state index is 11.5. The third kappa shape index (κ3) is 3.38. The van der Waals surface area contributed by atoms with Crippen LogP contribution in [0.1, 0.15) is 51.9 Å². The first-order chi connectivity index (χ1) is 9.13. The van der Waals surface area contributed by atoms with Crippen LogP contribution in [0.3, 0.4) is 0 Å². The van der Waals surface area contributed by atoms with Crippen LogP contribution in [0.5, 0.6) is 0 Å². The van der Waals surface area contributed by atoms with Crippen molar-refractivity contribution in [3.05, 3.63) is 0 Å². The first-order valence-electron chi connectivity index (χ1n) is 7.53. The molecule has 0 aliphatic heterocycles. The van der Waals surface area contributed by atoms with Gasteiger partial charge in [0.1, 0.15) is 11.9 Å². The van der Waals surface area contributed by atoms with Gasteiger partial charge in [0.15, 0.2) is 0 Å². The van der Waals surface area contributed by atoms with Crippen molar-refractivity contribution < 1.29 is 15.0 Å². The Hall–Kier alpha value is -0.850. The average molecular weight is 264 g/mol. The van der Waals surface area contributed by atoms with Gasteiger partial charge in [-0.25, -0.2) is 0 Å². The van der Waals surface area contributed by atoms with Crippen molar-refractivity contribution in [1.82, 2.24) is 0 Å². The molecule has 5 atom stereocenters. The molecule has 0 aromatic rings. The van der Waals surface area contributed by atoms with Crippen molar-refractivity contribution in [3.8, 4) is 11.8 Å². The maximum Gasteiger partial charge on any atom is 0.136 e. The van der Waals surface area contributed by atoms with E-state index in [-0.39, 0.29) is 17.8 Å². The Bertz CT molecular complexity index is 379. The van der Waals surface area contributed by atoms with Crippen LogP contribution in [-0.4, -0.2) is 28.2 Å². The predicted octanol–water partition coefficient (Wildman–Crippen LogP) is 1.91. The molecule has 0 aromatic carbocycles. The second-order valence-corrected chi connectivity index (χ2v) is 5.91. The van der Waals surface area contributed by atoms with Gasteiger partial charge in [0.25, 0.3) is 0 Å². The number of aliphatic hydroxyl groups is 2. The summed E-state index contributed by atoms with van der Waals surface area (Å²) in [5.41, 5.74) is 0. The minimum atomic E-state index is -0.588. The van der Waals surface area contributed by atoms with Crippen molar-refractivity contribution in [2.24, 2.45) is 17.8 Å². The lowest BCUT2D eigenvalue weighted by molar-refractivity contribution is -0.141. The topological polar surface area (TPSA) is 57.5 Å². The first kappa shape index (κ1) is 14.6. The van der Waals surface area contributed by atoms with Gasteiger partial charge in [0, 0.05) is 12.3 Å². The Morgan fingerprint density at radius 1 is 1.37 bits per heavy atom. The second-order valence-electron chi connectivity index (χ2n) is 5.91. The molecular formula is C16H24O3. The van der Waals surface area contributed by atoms with E-state index in [1.54, 1.807) is 0 Å². The molecule has 2 rings (SSSR count). The molecule has 2 N–H and O–H groups in total. The number of carbonyl (C=O) groups excluding carboxylic acids is 1. The summed E-state index contributed by atoms with van der Waals surface area (Å²) in [6.07, 6.45) is 4.96. The van der Waals surface area contributed by atoms with Crippen LogP contribution in [0.25, 0.3) is 0 Å². The molecule has 19 heavy (non-hydrogen) atoms. The van der Waals surface area contributed by atoms with E-state index in [4.69, 9.17) is 0 Å². The zero-order valence-electron chi connectivity index (χ0n) is 11.6. The average Bonchev–Trinajstić information content (AvgIpc) is 2.37. The molecule has 0 saturated heterocycles. The van der Waals surface area contributed by atoms with Gasteiger partial charge in [-0.05, 0) is 31.6 Å². The van der Waals surface area contributed by atoms with Crippen molar-refractivity contribution in [1.29, 1.82) is 0 Å². The molecule has 0 unspecified atom stereocenters. The number of ketones is 1. The molecular weight excluding hydrogens is 240 g/mol. The molecule has 0 radical (unpaired) electrons. The lowest BCUT2D eigenvalue weighted by Gasteiger charge is -2.44. The standard InChI is InChI=1S/C16H24O3/c1-2-3-4-5-11(17)6-7-12-14-10-16(19)13(14)8-9-15(12)18/h11-15,17-18H,2-5,8-10H2,1H3/t11-,12+,13-,14+,15+/m0/s1. The van der Waals surface area contributed by atoms with E-state index in [1.165, 1.54) is 0 Å². The highest BCUT2D eigenvalue weighted by Crippen LogP contribution is 2.45. The summed E-state index contributed by atoms with van der Waals surface area (Å²) in [6.45, 7) is 2.13. The number of hydrogen-bond donors (Lipinski definition) is 2. The van der Waals surface area contributed by atoms with Gasteiger partial charge in [0.05, 0.1) is 12.0 Å². The molecule has 2 fully saturated rings. The molecule has 0 spiro atoms. The van der Waals surface area contributed by atoms with Gasteiger partial charge in [-0.3, -0.25) is 4.79 Å². The smallest absolute Gasteiger partial charge is 0.136 e. The molecule has 3 nitrogen and oxygen atoms in total. The quantitative estimate of drug-likeness (QED) is 0.602. The molecule has 0 bridgehead atoms. The van der Waals surface area contributed by atoms with Gasteiger partial charge >= 0.3 is 0 Å². The minimum Gasteiger partial charge on any atom is -0.392 e. The van der Waals surface area contributed by atoms with Crippen LogP contribution in [-0.2, 0) is 4.79 Å². The fourth-order valence-corrected chi connectivity index (χ4v) is 3.23. The van der Waals surface area contributed by atoms with Crippen molar-refractivity contribution in [3.63, 3.8) is 0 Å². The van der Waals surface area contributed by atoms with Gasteiger partial charge < -0.3 is 10.2 Å². The summed E-state index contributed by atoms with van der Waals surface area (Å²) in [6, 6.07) is 0. The SMILES string of the molecule is CCCCC[C@H](O)C#C[C@@H]1[C@H]2CC(=O)[C@H]2CC[C@H]1O. The minimum absolute atomic E-state index is 0.114. The molecule has 0 aromatic heterocycles. The number of fused-ring (bicyclic) bond motifs is 1. The summed E-state index contributed by atoms with van der Waals surface area (Å²) >= 11 is 0. The first-order valence-corrected chi connectivity index (χ1v) is 7.53. The number of unbranched alkanes of at least 4 members (excludes halogenated alkanes) is 2. The predicted molar refractivity (Wildman–Crippen MR) is 73.3 cm³/mol. The van der Waals surface area contributed by atoms with E-state index in [2.05, 4.69) is 18.8 Å². The van der Waals surface area contributed by atoms with Gasteiger partial charge in [0.2, 0.25) is 0 Å².